The van der Waals surface area contributed by atoms with Crippen molar-refractivity contribution in [1.29, 1.82) is 0 Å². The molecule has 0 saturated heterocycles. The lowest BCUT2D eigenvalue weighted by Crippen LogP contribution is -2.34. The van der Waals surface area contributed by atoms with Gasteiger partial charge >= 0.3 is 0 Å². The Morgan fingerprint density at radius 1 is 1.00 bits per heavy atom. The Morgan fingerprint density at radius 2 is 1.47 bits per heavy atom. The van der Waals surface area contributed by atoms with Crippen LogP contribution < -0.4 is 5.73 Å². The fourth-order valence-electron chi connectivity index (χ4n) is 1.75. The van der Waals surface area contributed by atoms with E-state index in [4.69, 9.17) is 5.73 Å². The van der Waals surface area contributed by atoms with Gasteiger partial charge in [-0.25, -0.2) is 0 Å². The molecule has 0 bridgehead atoms. The molecule has 0 spiro atoms. The van der Waals surface area contributed by atoms with Gasteiger partial charge in [-0.1, -0.05) is 39.5 Å². The molecule has 0 aliphatic carbocycles. The maximum Gasteiger partial charge on any atom is 0.223 e. The number of rotatable bonds is 10. The van der Waals surface area contributed by atoms with E-state index in [9.17, 15) is 4.79 Å². The predicted molar refractivity (Wildman–Crippen MR) is 76.5 cm³/mol. The molecule has 1 amide bonds. The number of nitrogens with zero attached hydrogens (tertiary/aromatic N) is 1. The molecule has 3 nitrogen and oxygen atoms in total. The number of hydrogen-bond acceptors (Lipinski definition) is 2. The molecule has 0 aromatic carbocycles. The van der Waals surface area contributed by atoms with Crippen molar-refractivity contribution in [1.82, 2.24) is 4.90 Å². The van der Waals surface area contributed by atoms with E-state index >= 15 is 0 Å². The predicted octanol–water partition coefficient (Wildman–Crippen LogP) is 2.97. The largest absolute Gasteiger partial charge is 0.343 e. The minimum absolute atomic E-state index is 0. The lowest BCUT2D eigenvalue weighted by molar-refractivity contribution is -0.131. The van der Waals surface area contributed by atoms with Gasteiger partial charge in [0, 0.05) is 26.1 Å². The van der Waals surface area contributed by atoms with Crippen LogP contribution in [0.25, 0.3) is 0 Å². The van der Waals surface area contributed by atoms with E-state index in [0.29, 0.717) is 13.0 Å². The van der Waals surface area contributed by atoms with Crippen molar-refractivity contribution >= 4 is 18.3 Å². The van der Waals surface area contributed by atoms with Crippen LogP contribution in [0.4, 0.5) is 0 Å². The van der Waals surface area contributed by atoms with Gasteiger partial charge in [-0.3, -0.25) is 4.79 Å². The highest BCUT2D eigenvalue weighted by atomic mass is 35.5. The second-order valence-corrected chi connectivity index (χ2v) is 4.33. The van der Waals surface area contributed by atoms with Crippen LogP contribution in [-0.4, -0.2) is 30.4 Å². The average Bonchev–Trinajstić information content (AvgIpc) is 2.28. The van der Waals surface area contributed by atoms with E-state index in [1.54, 1.807) is 0 Å². The molecular formula is C13H29ClN2O. The fourth-order valence-corrected chi connectivity index (χ4v) is 1.75. The minimum Gasteiger partial charge on any atom is -0.343 e. The maximum atomic E-state index is 11.8. The van der Waals surface area contributed by atoms with Crippen LogP contribution in [-0.2, 0) is 4.79 Å². The molecule has 0 heterocycles. The molecule has 0 atom stereocenters. The molecule has 17 heavy (non-hydrogen) atoms. The van der Waals surface area contributed by atoms with Gasteiger partial charge in [-0.05, 0) is 12.8 Å². The fraction of sp³-hybridized carbons (Fsp3) is 0.923. The Kier molecular flexibility index (Phi) is 15.5. The molecule has 0 fully saturated rings. The van der Waals surface area contributed by atoms with Crippen molar-refractivity contribution in [3.05, 3.63) is 0 Å². The number of amides is 1. The summed E-state index contributed by atoms with van der Waals surface area (Å²) in [6, 6.07) is 0. The third-order valence-corrected chi connectivity index (χ3v) is 2.77. The van der Waals surface area contributed by atoms with E-state index in [1.807, 2.05) is 4.90 Å². The SMILES string of the molecule is CCCCCN(CCCCC)C(=O)CCN.Cl. The van der Waals surface area contributed by atoms with Gasteiger partial charge in [0.1, 0.15) is 0 Å². The first-order valence-electron chi connectivity index (χ1n) is 6.74. The lowest BCUT2D eigenvalue weighted by Gasteiger charge is -2.22. The molecule has 0 rings (SSSR count). The Hall–Kier alpha value is -0.280. The van der Waals surface area contributed by atoms with Gasteiger partial charge in [0.05, 0.1) is 0 Å². The van der Waals surface area contributed by atoms with E-state index in [0.717, 1.165) is 25.9 Å². The van der Waals surface area contributed by atoms with E-state index in [-0.39, 0.29) is 18.3 Å². The first-order valence-corrected chi connectivity index (χ1v) is 6.74. The van der Waals surface area contributed by atoms with Gasteiger partial charge in [-0.15, -0.1) is 12.4 Å². The van der Waals surface area contributed by atoms with Crippen LogP contribution in [0.1, 0.15) is 58.8 Å². The highest BCUT2D eigenvalue weighted by molar-refractivity contribution is 5.85. The number of hydrogen-bond donors (Lipinski definition) is 1. The van der Waals surface area contributed by atoms with Gasteiger partial charge in [0.2, 0.25) is 5.91 Å². The Bertz CT molecular complexity index is 167. The number of unbranched alkanes of at least 4 members (excludes halogenated alkanes) is 4. The second kappa shape index (κ2) is 13.8. The summed E-state index contributed by atoms with van der Waals surface area (Å²) in [5.41, 5.74) is 5.43. The van der Waals surface area contributed by atoms with E-state index < -0.39 is 0 Å². The molecule has 0 saturated carbocycles. The molecule has 0 radical (unpaired) electrons. The van der Waals surface area contributed by atoms with Crippen molar-refractivity contribution in [3.63, 3.8) is 0 Å². The van der Waals surface area contributed by atoms with Crippen LogP contribution in [0, 0.1) is 0 Å². The normalized spacial score (nSPS) is 9.82. The first kappa shape index (κ1) is 19.1. The lowest BCUT2D eigenvalue weighted by atomic mass is 10.2. The summed E-state index contributed by atoms with van der Waals surface area (Å²) in [5.74, 6) is 0.231. The molecule has 0 aromatic rings. The van der Waals surface area contributed by atoms with Gasteiger partial charge in [0.15, 0.2) is 0 Å². The summed E-state index contributed by atoms with van der Waals surface area (Å²) < 4.78 is 0. The molecule has 0 aromatic heterocycles. The third kappa shape index (κ3) is 10.6. The molecule has 0 unspecified atom stereocenters. The van der Waals surface area contributed by atoms with Crippen LogP contribution >= 0.6 is 12.4 Å². The molecule has 2 N–H and O–H groups in total. The first-order chi connectivity index (χ1) is 7.76. The summed E-state index contributed by atoms with van der Waals surface area (Å²) in [6.45, 7) is 6.66. The summed E-state index contributed by atoms with van der Waals surface area (Å²) in [4.78, 5) is 13.8. The van der Waals surface area contributed by atoms with E-state index in [2.05, 4.69) is 13.8 Å². The van der Waals surface area contributed by atoms with Crippen molar-refractivity contribution in [2.75, 3.05) is 19.6 Å². The Labute approximate surface area is 113 Å². The number of halogens is 1. The number of carbonyl (C=O) groups excluding carboxylic acids is 1. The summed E-state index contributed by atoms with van der Waals surface area (Å²) >= 11 is 0. The van der Waals surface area contributed by atoms with Crippen LogP contribution in [0.2, 0.25) is 0 Å². The molecule has 104 valence electrons. The molecule has 0 aliphatic heterocycles. The van der Waals surface area contributed by atoms with Crippen molar-refractivity contribution in [2.24, 2.45) is 5.73 Å². The smallest absolute Gasteiger partial charge is 0.223 e. The zero-order valence-electron chi connectivity index (χ0n) is 11.4. The highest BCUT2D eigenvalue weighted by Crippen LogP contribution is 2.04. The van der Waals surface area contributed by atoms with E-state index in [1.165, 1.54) is 25.7 Å². The van der Waals surface area contributed by atoms with Crippen LogP contribution in [0.5, 0.6) is 0 Å². The van der Waals surface area contributed by atoms with Crippen molar-refractivity contribution in [2.45, 2.75) is 58.8 Å². The van der Waals surface area contributed by atoms with Crippen molar-refractivity contribution < 1.29 is 4.79 Å². The molecule has 0 aliphatic rings. The average molecular weight is 265 g/mol. The highest BCUT2D eigenvalue weighted by Gasteiger charge is 2.11. The van der Waals surface area contributed by atoms with Gasteiger partial charge in [-0.2, -0.15) is 0 Å². The topological polar surface area (TPSA) is 46.3 Å². The Balaban J connectivity index is 0. The summed E-state index contributed by atoms with van der Waals surface area (Å²) in [7, 11) is 0. The summed E-state index contributed by atoms with van der Waals surface area (Å²) in [6.07, 6.45) is 7.57. The summed E-state index contributed by atoms with van der Waals surface area (Å²) in [5, 5.41) is 0. The molecular weight excluding hydrogens is 236 g/mol. The number of nitrogens with two attached hydrogens (primary N) is 1. The van der Waals surface area contributed by atoms with Gasteiger partial charge in [0.25, 0.3) is 0 Å². The van der Waals surface area contributed by atoms with Gasteiger partial charge < -0.3 is 10.6 Å². The zero-order valence-corrected chi connectivity index (χ0v) is 12.2. The zero-order chi connectivity index (χ0) is 12.2. The maximum absolute atomic E-state index is 11.8. The van der Waals surface area contributed by atoms with Crippen molar-refractivity contribution in [3.8, 4) is 0 Å². The van der Waals surface area contributed by atoms with Crippen LogP contribution in [0.15, 0.2) is 0 Å². The second-order valence-electron chi connectivity index (χ2n) is 4.33. The number of carbonyl (C=O) groups is 1. The molecule has 4 heteroatoms. The minimum atomic E-state index is 0. The quantitative estimate of drug-likeness (QED) is 0.617. The third-order valence-electron chi connectivity index (χ3n) is 2.77. The Morgan fingerprint density at radius 3 is 1.82 bits per heavy atom. The van der Waals surface area contributed by atoms with Crippen LogP contribution in [0.3, 0.4) is 0 Å². The monoisotopic (exact) mass is 264 g/mol. The standard InChI is InChI=1S/C13H28N2O.ClH/c1-3-5-7-11-15(12-8-6-4-2)13(16)9-10-14;/h3-12,14H2,1-2H3;1H.